The summed E-state index contributed by atoms with van der Waals surface area (Å²) >= 11 is 0. The Bertz CT molecular complexity index is 569. The molecule has 156 valence electrons. The molecule has 1 aromatic heterocycles. The average Bonchev–Trinajstić information content (AvgIpc) is 3.25. The van der Waals surface area contributed by atoms with Crippen LogP contribution in [0.2, 0.25) is 0 Å². The Morgan fingerprint density at radius 1 is 1.32 bits per heavy atom. The minimum absolute atomic E-state index is 0.455. The third-order valence-corrected chi connectivity index (χ3v) is 5.25. The maximum Gasteiger partial charge on any atom is 0.191 e. The Hall–Kier alpha value is -1.86. The van der Waals surface area contributed by atoms with Crippen molar-refractivity contribution in [2.75, 3.05) is 57.5 Å². The Morgan fingerprint density at radius 3 is 2.93 bits per heavy atom. The van der Waals surface area contributed by atoms with Gasteiger partial charge in [0.15, 0.2) is 5.96 Å². The Labute approximate surface area is 168 Å². The second kappa shape index (κ2) is 11.9. The molecule has 28 heavy (non-hydrogen) atoms. The quantitative estimate of drug-likeness (QED) is 0.383. The van der Waals surface area contributed by atoms with Gasteiger partial charge in [-0.15, -0.1) is 0 Å². The summed E-state index contributed by atoms with van der Waals surface area (Å²) in [5.74, 6) is 2.58. The molecule has 0 amide bonds. The van der Waals surface area contributed by atoms with Crippen molar-refractivity contribution in [1.29, 1.82) is 0 Å². The molecule has 0 aliphatic carbocycles. The molecule has 0 radical (unpaired) electrons. The van der Waals surface area contributed by atoms with E-state index < -0.39 is 0 Å². The van der Waals surface area contributed by atoms with Crippen molar-refractivity contribution in [1.82, 2.24) is 15.6 Å². The first-order valence-corrected chi connectivity index (χ1v) is 10.7. The molecule has 0 spiro atoms. The first kappa shape index (κ1) is 20.9. The molecule has 1 aromatic rings. The van der Waals surface area contributed by atoms with E-state index in [2.05, 4.69) is 33.5 Å². The Morgan fingerprint density at radius 2 is 2.21 bits per heavy atom. The van der Waals surface area contributed by atoms with Gasteiger partial charge in [0, 0.05) is 57.5 Å². The number of aromatic nitrogens is 1. The van der Waals surface area contributed by atoms with Gasteiger partial charge in [0.2, 0.25) is 0 Å². The highest BCUT2D eigenvalue weighted by atomic mass is 16.5. The first-order chi connectivity index (χ1) is 13.8. The van der Waals surface area contributed by atoms with Gasteiger partial charge in [0.1, 0.15) is 5.82 Å². The molecule has 7 nitrogen and oxygen atoms in total. The third-order valence-electron chi connectivity index (χ3n) is 5.25. The van der Waals surface area contributed by atoms with Crippen molar-refractivity contribution in [2.45, 2.75) is 38.6 Å². The molecule has 1 atom stereocenters. The second-order valence-electron chi connectivity index (χ2n) is 7.51. The van der Waals surface area contributed by atoms with Gasteiger partial charge in [-0.05, 0) is 44.7 Å². The van der Waals surface area contributed by atoms with Crippen LogP contribution in [0.1, 0.15) is 32.6 Å². The summed E-state index contributed by atoms with van der Waals surface area (Å²) < 4.78 is 11.1. The van der Waals surface area contributed by atoms with Crippen molar-refractivity contribution < 1.29 is 9.47 Å². The number of pyridine rings is 1. The molecule has 2 saturated heterocycles. The van der Waals surface area contributed by atoms with Gasteiger partial charge in [0.05, 0.1) is 13.2 Å². The van der Waals surface area contributed by atoms with Crippen LogP contribution in [0.3, 0.4) is 0 Å². The Balaban J connectivity index is 1.33. The molecule has 2 N–H and O–H groups in total. The molecule has 0 saturated carbocycles. The summed E-state index contributed by atoms with van der Waals surface area (Å²) in [5, 5.41) is 6.96. The average molecular weight is 390 g/mol. The van der Waals surface area contributed by atoms with E-state index in [-0.39, 0.29) is 0 Å². The van der Waals surface area contributed by atoms with E-state index in [0.29, 0.717) is 12.0 Å². The predicted octanol–water partition coefficient (Wildman–Crippen LogP) is 2.05. The molecule has 2 fully saturated rings. The summed E-state index contributed by atoms with van der Waals surface area (Å²) in [5.41, 5.74) is 0. The van der Waals surface area contributed by atoms with Crippen LogP contribution in [0.15, 0.2) is 29.4 Å². The molecular formula is C21H35N5O2. The lowest BCUT2D eigenvalue weighted by molar-refractivity contribution is 0.0893. The van der Waals surface area contributed by atoms with Gasteiger partial charge in [-0.25, -0.2) is 4.98 Å². The number of aliphatic imine (C=N–C) groups is 1. The third kappa shape index (κ3) is 6.95. The molecule has 2 aliphatic rings. The monoisotopic (exact) mass is 389 g/mol. The van der Waals surface area contributed by atoms with Crippen LogP contribution in [0.5, 0.6) is 0 Å². The van der Waals surface area contributed by atoms with Gasteiger partial charge in [-0.2, -0.15) is 0 Å². The fraction of sp³-hybridized carbons (Fsp3) is 0.714. The van der Waals surface area contributed by atoms with Crippen molar-refractivity contribution in [2.24, 2.45) is 10.9 Å². The minimum Gasteiger partial charge on any atom is -0.381 e. The van der Waals surface area contributed by atoms with E-state index in [4.69, 9.17) is 14.5 Å². The van der Waals surface area contributed by atoms with E-state index in [1.54, 1.807) is 0 Å². The fourth-order valence-electron chi connectivity index (χ4n) is 3.63. The highest BCUT2D eigenvalue weighted by molar-refractivity contribution is 5.80. The van der Waals surface area contributed by atoms with E-state index in [1.165, 1.54) is 0 Å². The fourth-order valence-corrected chi connectivity index (χ4v) is 3.63. The molecule has 0 bridgehead atoms. The van der Waals surface area contributed by atoms with Gasteiger partial charge in [-0.3, -0.25) is 4.99 Å². The summed E-state index contributed by atoms with van der Waals surface area (Å²) in [6, 6.07) is 6.55. The van der Waals surface area contributed by atoms with Crippen molar-refractivity contribution in [3.63, 3.8) is 0 Å². The number of anilines is 1. The highest BCUT2D eigenvalue weighted by Crippen LogP contribution is 2.17. The maximum absolute atomic E-state index is 5.76. The number of guanidine groups is 1. The zero-order valence-corrected chi connectivity index (χ0v) is 17.1. The van der Waals surface area contributed by atoms with Gasteiger partial charge in [0.25, 0.3) is 0 Å². The second-order valence-corrected chi connectivity index (χ2v) is 7.51. The van der Waals surface area contributed by atoms with Crippen LogP contribution in [-0.2, 0) is 9.47 Å². The van der Waals surface area contributed by atoms with Crippen molar-refractivity contribution >= 4 is 11.8 Å². The summed E-state index contributed by atoms with van der Waals surface area (Å²) in [6.07, 6.45) is 6.12. The zero-order valence-electron chi connectivity index (χ0n) is 17.1. The number of ether oxygens (including phenoxy) is 2. The highest BCUT2D eigenvalue weighted by Gasteiger charge is 2.20. The number of hydrogen-bond acceptors (Lipinski definition) is 5. The van der Waals surface area contributed by atoms with Crippen LogP contribution in [0.25, 0.3) is 0 Å². The molecule has 1 unspecified atom stereocenters. The number of rotatable bonds is 9. The normalized spacial score (nSPS) is 21.1. The topological polar surface area (TPSA) is 71.0 Å². The van der Waals surface area contributed by atoms with E-state index >= 15 is 0 Å². The molecule has 3 heterocycles. The molecule has 0 aromatic carbocycles. The largest absolute Gasteiger partial charge is 0.381 e. The summed E-state index contributed by atoms with van der Waals surface area (Å²) in [4.78, 5) is 11.5. The van der Waals surface area contributed by atoms with Gasteiger partial charge < -0.3 is 25.0 Å². The molecule has 7 heteroatoms. The number of piperidine rings is 1. The van der Waals surface area contributed by atoms with Crippen LogP contribution in [-0.4, -0.2) is 69.6 Å². The van der Waals surface area contributed by atoms with Crippen molar-refractivity contribution in [3.05, 3.63) is 24.4 Å². The van der Waals surface area contributed by atoms with Gasteiger partial charge in [-0.1, -0.05) is 6.07 Å². The lowest BCUT2D eigenvalue weighted by atomic mass is 10.1. The van der Waals surface area contributed by atoms with Gasteiger partial charge >= 0.3 is 0 Å². The number of nitrogens with zero attached hydrogens (tertiary/aromatic N) is 3. The standard InChI is InChI=1S/C21H35N5O2/c1-2-22-21(24-11-5-14-27-16-18-9-15-28-17-18)25-19-7-12-26(13-8-19)20-6-3-4-10-23-20/h3-4,6,10,18-19H,2,5,7-9,11-17H2,1H3,(H2,22,24,25). The lowest BCUT2D eigenvalue weighted by Crippen LogP contribution is -2.49. The predicted molar refractivity (Wildman–Crippen MR) is 113 cm³/mol. The molecular weight excluding hydrogens is 354 g/mol. The smallest absolute Gasteiger partial charge is 0.191 e. The first-order valence-electron chi connectivity index (χ1n) is 10.7. The SMILES string of the molecule is CCNC(=NCCCOCC1CCOC1)NC1CCN(c2ccccn2)CC1. The summed E-state index contributed by atoms with van der Waals surface area (Å²) in [6.45, 7) is 9.12. The maximum atomic E-state index is 5.76. The van der Waals surface area contributed by atoms with Crippen LogP contribution < -0.4 is 15.5 Å². The van der Waals surface area contributed by atoms with E-state index in [0.717, 1.165) is 90.1 Å². The van der Waals surface area contributed by atoms with Crippen LogP contribution in [0.4, 0.5) is 5.82 Å². The van der Waals surface area contributed by atoms with Crippen LogP contribution in [0, 0.1) is 5.92 Å². The Kier molecular flexibility index (Phi) is 8.84. The molecule has 2 aliphatic heterocycles. The minimum atomic E-state index is 0.455. The number of nitrogens with one attached hydrogen (secondary N) is 2. The molecule has 3 rings (SSSR count). The number of hydrogen-bond donors (Lipinski definition) is 2. The van der Waals surface area contributed by atoms with Crippen molar-refractivity contribution in [3.8, 4) is 0 Å². The lowest BCUT2D eigenvalue weighted by Gasteiger charge is -2.33. The summed E-state index contributed by atoms with van der Waals surface area (Å²) in [7, 11) is 0. The van der Waals surface area contributed by atoms with E-state index in [9.17, 15) is 0 Å². The van der Waals surface area contributed by atoms with Crippen LogP contribution >= 0.6 is 0 Å². The van der Waals surface area contributed by atoms with E-state index in [1.807, 2.05) is 18.3 Å². The zero-order chi connectivity index (χ0) is 19.4.